The van der Waals surface area contributed by atoms with Gasteiger partial charge >= 0.3 is 0 Å². The second-order valence-corrected chi connectivity index (χ2v) is 6.68. The third-order valence-corrected chi connectivity index (χ3v) is 5.18. The van der Waals surface area contributed by atoms with Gasteiger partial charge in [0, 0.05) is 29.7 Å². The summed E-state index contributed by atoms with van der Waals surface area (Å²) in [5, 5.41) is 3.62. The average molecular weight is 233 g/mol. The van der Waals surface area contributed by atoms with Crippen molar-refractivity contribution in [2.45, 2.75) is 38.0 Å². The Balaban J connectivity index is 2.59. The number of hydrogen-bond acceptors (Lipinski definition) is 3. The second kappa shape index (κ2) is 5.41. The van der Waals surface area contributed by atoms with Crippen molar-refractivity contribution in [1.82, 2.24) is 5.32 Å². The third kappa shape index (κ3) is 3.02. The zero-order valence-corrected chi connectivity index (χ0v) is 11.0. The van der Waals surface area contributed by atoms with Crippen LogP contribution in [0.4, 0.5) is 0 Å². The first kappa shape index (κ1) is 13.1. The first-order valence-electron chi connectivity index (χ1n) is 5.56. The van der Waals surface area contributed by atoms with Crippen molar-refractivity contribution in [1.29, 1.82) is 0 Å². The lowest BCUT2D eigenvalue weighted by Crippen LogP contribution is -2.44. The topological polar surface area (TPSA) is 38.3 Å². The molecule has 0 aromatic heterocycles. The molecule has 3 atom stereocenters. The Kier molecular flexibility index (Phi) is 4.74. The van der Waals surface area contributed by atoms with E-state index in [1.165, 1.54) is 0 Å². The van der Waals surface area contributed by atoms with Crippen LogP contribution in [0.15, 0.2) is 0 Å². The van der Waals surface area contributed by atoms with Crippen LogP contribution in [0.5, 0.6) is 0 Å². The zero-order valence-electron chi connectivity index (χ0n) is 10.2. The van der Waals surface area contributed by atoms with Gasteiger partial charge in [0.25, 0.3) is 0 Å². The van der Waals surface area contributed by atoms with Crippen molar-refractivity contribution in [2.24, 2.45) is 5.41 Å². The van der Waals surface area contributed by atoms with Crippen molar-refractivity contribution in [3.8, 4) is 0 Å². The third-order valence-electron chi connectivity index (χ3n) is 3.42. The molecule has 0 radical (unpaired) electrons. The summed E-state index contributed by atoms with van der Waals surface area (Å²) in [5.41, 5.74) is 0.266. The van der Waals surface area contributed by atoms with E-state index in [0.29, 0.717) is 23.7 Å². The van der Waals surface area contributed by atoms with Crippen LogP contribution in [0.3, 0.4) is 0 Å². The Morgan fingerprint density at radius 3 is 2.73 bits per heavy atom. The summed E-state index contributed by atoms with van der Waals surface area (Å²) in [6.45, 7) is 5.10. The molecule has 90 valence electrons. The lowest BCUT2D eigenvalue weighted by atomic mass is 9.87. The van der Waals surface area contributed by atoms with Crippen LogP contribution < -0.4 is 5.32 Å². The molecule has 1 rings (SSSR count). The van der Waals surface area contributed by atoms with Gasteiger partial charge in [-0.3, -0.25) is 4.21 Å². The maximum absolute atomic E-state index is 12.1. The van der Waals surface area contributed by atoms with Gasteiger partial charge in [0.2, 0.25) is 0 Å². The average Bonchev–Trinajstić information content (AvgIpc) is 2.49. The van der Waals surface area contributed by atoms with Crippen LogP contribution in [0, 0.1) is 5.41 Å². The van der Waals surface area contributed by atoms with Crippen molar-refractivity contribution in [3.63, 3.8) is 0 Å². The van der Waals surface area contributed by atoms with E-state index in [1.54, 1.807) is 7.11 Å². The highest BCUT2D eigenvalue weighted by Gasteiger charge is 2.43. The number of nitrogens with one attached hydrogen (secondary N) is 1. The molecule has 0 amide bonds. The summed E-state index contributed by atoms with van der Waals surface area (Å²) < 4.78 is 17.0. The Hall–Kier alpha value is 0.0700. The molecule has 4 heteroatoms. The lowest BCUT2D eigenvalue weighted by Gasteiger charge is -2.29. The van der Waals surface area contributed by atoms with E-state index in [9.17, 15) is 4.21 Å². The molecule has 0 spiro atoms. The second-order valence-electron chi connectivity index (χ2n) is 4.91. The van der Waals surface area contributed by atoms with Crippen LogP contribution in [-0.2, 0) is 15.5 Å². The first-order valence-corrected chi connectivity index (χ1v) is 6.94. The number of rotatable bonds is 5. The zero-order chi connectivity index (χ0) is 11.5. The molecule has 0 aromatic rings. The Morgan fingerprint density at radius 2 is 2.20 bits per heavy atom. The van der Waals surface area contributed by atoms with E-state index in [0.717, 1.165) is 12.8 Å². The van der Waals surface area contributed by atoms with Crippen molar-refractivity contribution in [3.05, 3.63) is 0 Å². The van der Waals surface area contributed by atoms with Gasteiger partial charge in [-0.15, -0.1) is 0 Å². The minimum Gasteiger partial charge on any atom is -0.384 e. The van der Waals surface area contributed by atoms with Gasteiger partial charge in [0.15, 0.2) is 0 Å². The molecule has 0 heterocycles. The molecule has 1 N–H and O–H groups in total. The smallest absolute Gasteiger partial charge is 0.0577 e. The van der Waals surface area contributed by atoms with Crippen molar-refractivity contribution in [2.75, 3.05) is 26.5 Å². The van der Waals surface area contributed by atoms with E-state index in [4.69, 9.17) is 4.74 Å². The number of methoxy groups -OCH3 is 1. The van der Waals surface area contributed by atoms with Crippen LogP contribution >= 0.6 is 0 Å². The fourth-order valence-corrected chi connectivity index (χ4v) is 4.34. The largest absolute Gasteiger partial charge is 0.384 e. The van der Waals surface area contributed by atoms with E-state index < -0.39 is 10.8 Å². The van der Waals surface area contributed by atoms with Gasteiger partial charge < -0.3 is 10.1 Å². The molecule has 1 saturated carbocycles. The molecular weight excluding hydrogens is 210 g/mol. The molecule has 0 saturated heterocycles. The first-order chi connectivity index (χ1) is 7.03. The quantitative estimate of drug-likeness (QED) is 0.774. The molecular formula is C11H23NO2S. The Bertz CT molecular complexity index is 231. The molecule has 3 unspecified atom stereocenters. The predicted octanol–water partition coefficient (Wildman–Crippen LogP) is 1.16. The predicted molar refractivity (Wildman–Crippen MR) is 64.5 cm³/mol. The molecule has 3 nitrogen and oxygen atoms in total. The van der Waals surface area contributed by atoms with Gasteiger partial charge in [-0.05, 0) is 25.3 Å². The highest BCUT2D eigenvalue weighted by Crippen LogP contribution is 2.39. The van der Waals surface area contributed by atoms with E-state index in [2.05, 4.69) is 19.2 Å². The summed E-state index contributed by atoms with van der Waals surface area (Å²) in [6, 6.07) is 0.371. The molecule has 0 aromatic carbocycles. The minimum absolute atomic E-state index is 0.266. The molecule has 1 fully saturated rings. The van der Waals surface area contributed by atoms with Gasteiger partial charge in [-0.25, -0.2) is 0 Å². The van der Waals surface area contributed by atoms with E-state index >= 15 is 0 Å². The molecule has 0 aliphatic heterocycles. The number of hydrogen-bond donors (Lipinski definition) is 1. The summed E-state index contributed by atoms with van der Waals surface area (Å²) in [7, 11) is 2.87. The maximum atomic E-state index is 12.1. The minimum atomic E-state index is -0.759. The summed E-state index contributed by atoms with van der Waals surface area (Å²) in [5.74, 6) is 0.662. The molecule has 15 heavy (non-hydrogen) atoms. The monoisotopic (exact) mass is 233 g/mol. The number of ether oxygens (including phenoxy) is 1. The molecule has 0 bridgehead atoms. The van der Waals surface area contributed by atoms with E-state index in [1.807, 2.05) is 7.05 Å². The van der Waals surface area contributed by atoms with Gasteiger partial charge in [0.1, 0.15) is 0 Å². The lowest BCUT2D eigenvalue weighted by molar-refractivity contribution is 0.217. The van der Waals surface area contributed by atoms with Crippen molar-refractivity contribution >= 4 is 10.8 Å². The van der Waals surface area contributed by atoms with Crippen LogP contribution in [0.25, 0.3) is 0 Å². The van der Waals surface area contributed by atoms with Gasteiger partial charge in [-0.2, -0.15) is 0 Å². The van der Waals surface area contributed by atoms with Gasteiger partial charge in [-0.1, -0.05) is 13.8 Å². The Labute approximate surface area is 95.4 Å². The van der Waals surface area contributed by atoms with Crippen LogP contribution in [-0.4, -0.2) is 42.0 Å². The SMILES string of the molecule is CNC1C(S(=O)CCOC)CCC1(C)C. The highest BCUT2D eigenvalue weighted by atomic mass is 32.2. The summed E-state index contributed by atoms with van der Waals surface area (Å²) >= 11 is 0. The van der Waals surface area contributed by atoms with Crippen LogP contribution in [0.2, 0.25) is 0 Å². The fraction of sp³-hybridized carbons (Fsp3) is 1.00. The van der Waals surface area contributed by atoms with Crippen LogP contribution in [0.1, 0.15) is 26.7 Å². The van der Waals surface area contributed by atoms with Crippen molar-refractivity contribution < 1.29 is 8.95 Å². The molecule has 1 aliphatic rings. The summed E-state index contributed by atoms with van der Waals surface area (Å²) in [4.78, 5) is 0. The Morgan fingerprint density at radius 1 is 1.53 bits per heavy atom. The maximum Gasteiger partial charge on any atom is 0.0577 e. The normalized spacial score (nSPS) is 31.7. The highest BCUT2D eigenvalue weighted by molar-refractivity contribution is 7.85. The fourth-order valence-electron chi connectivity index (χ4n) is 2.52. The van der Waals surface area contributed by atoms with Gasteiger partial charge in [0.05, 0.1) is 11.9 Å². The van der Waals surface area contributed by atoms with E-state index in [-0.39, 0.29) is 5.41 Å². The summed E-state index contributed by atoms with van der Waals surface area (Å²) in [6.07, 6.45) is 2.22. The standard InChI is InChI=1S/C11H23NO2S/c1-11(2)6-5-9(10(11)12-3)15(13)8-7-14-4/h9-10,12H,5-8H2,1-4H3. The molecule has 1 aliphatic carbocycles.